The number of benzene rings is 2. The second-order valence-electron chi connectivity index (χ2n) is 5.30. The molecule has 1 heterocycles. The first-order valence-electron chi connectivity index (χ1n) is 7.37. The van der Waals surface area contributed by atoms with Gasteiger partial charge in [-0.15, -0.1) is 0 Å². The van der Waals surface area contributed by atoms with Gasteiger partial charge in [-0.05, 0) is 30.3 Å². The smallest absolute Gasteiger partial charge is 0.262 e. The van der Waals surface area contributed by atoms with Gasteiger partial charge >= 0.3 is 0 Å². The number of rotatable bonds is 4. The SMILES string of the molecule is O=S(=O)(Nc1cccc(Cl)c1N1CCOCC1)c1cccc(Cl)c1. The highest BCUT2D eigenvalue weighted by Crippen LogP contribution is 2.35. The van der Waals surface area contributed by atoms with Crippen LogP contribution in [0, 0.1) is 0 Å². The fourth-order valence-corrected chi connectivity index (χ4v) is 4.20. The largest absolute Gasteiger partial charge is 0.378 e. The standard InChI is InChI=1S/C16H16Cl2N2O3S/c17-12-3-1-4-13(11-12)24(21,22)19-15-6-2-5-14(18)16(15)20-7-9-23-10-8-20/h1-6,11,19H,7-10H2. The lowest BCUT2D eigenvalue weighted by atomic mass is 10.2. The fraction of sp³-hybridized carbons (Fsp3) is 0.250. The topological polar surface area (TPSA) is 58.6 Å². The number of sulfonamides is 1. The summed E-state index contributed by atoms with van der Waals surface area (Å²) in [6.45, 7) is 2.45. The molecule has 8 heteroatoms. The van der Waals surface area contributed by atoms with E-state index in [1.165, 1.54) is 12.1 Å². The van der Waals surface area contributed by atoms with Crippen LogP contribution in [0.5, 0.6) is 0 Å². The van der Waals surface area contributed by atoms with Gasteiger partial charge in [-0.1, -0.05) is 35.3 Å². The van der Waals surface area contributed by atoms with Crippen LogP contribution in [0.15, 0.2) is 47.4 Å². The van der Waals surface area contributed by atoms with Crippen molar-refractivity contribution >= 4 is 44.6 Å². The van der Waals surface area contributed by atoms with Gasteiger partial charge < -0.3 is 9.64 Å². The summed E-state index contributed by atoms with van der Waals surface area (Å²) in [6, 6.07) is 11.3. The molecule has 0 amide bonds. The third-order valence-corrected chi connectivity index (χ3v) is 5.57. The quantitative estimate of drug-likeness (QED) is 0.871. The molecule has 0 aromatic heterocycles. The van der Waals surface area contributed by atoms with Crippen LogP contribution < -0.4 is 9.62 Å². The Labute approximate surface area is 151 Å². The Balaban J connectivity index is 1.96. The zero-order valence-electron chi connectivity index (χ0n) is 12.7. The molecule has 2 aromatic carbocycles. The van der Waals surface area contributed by atoms with E-state index in [0.717, 1.165) is 0 Å². The maximum atomic E-state index is 12.6. The number of anilines is 2. The van der Waals surface area contributed by atoms with E-state index in [0.29, 0.717) is 47.7 Å². The van der Waals surface area contributed by atoms with Crippen molar-refractivity contribution < 1.29 is 13.2 Å². The minimum Gasteiger partial charge on any atom is -0.378 e. The molecule has 0 bridgehead atoms. The van der Waals surface area contributed by atoms with Gasteiger partial charge in [-0.3, -0.25) is 4.72 Å². The van der Waals surface area contributed by atoms with Crippen LogP contribution in [-0.4, -0.2) is 34.7 Å². The molecule has 0 aliphatic carbocycles. The molecule has 0 atom stereocenters. The van der Waals surface area contributed by atoms with Crippen molar-refractivity contribution in [2.75, 3.05) is 35.9 Å². The number of hydrogen-bond donors (Lipinski definition) is 1. The number of hydrogen-bond acceptors (Lipinski definition) is 4. The van der Waals surface area contributed by atoms with Crippen molar-refractivity contribution in [3.8, 4) is 0 Å². The van der Waals surface area contributed by atoms with E-state index in [1.54, 1.807) is 30.3 Å². The molecular formula is C16H16Cl2N2O3S. The minimum absolute atomic E-state index is 0.0999. The Hall–Kier alpha value is -1.47. The van der Waals surface area contributed by atoms with Crippen LogP contribution in [0.3, 0.4) is 0 Å². The predicted octanol–water partition coefficient (Wildman–Crippen LogP) is 3.63. The molecule has 0 unspecified atom stereocenters. The minimum atomic E-state index is -3.76. The van der Waals surface area contributed by atoms with Crippen LogP contribution in [0.4, 0.5) is 11.4 Å². The van der Waals surface area contributed by atoms with Gasteiger partial charge in [0.2, 0.25) is 0 Å². The zero-order valence-corrected chi connectivity index (χ0v) is 15.0. The molecule has 0 spiro atoms. The van der Waals surface area contributed by atoms with E-state index in [-0.39, 0.29) is 4.90 Å². The number of nitrogens with one attached hydrogen (secondary N) is 1. The van der Waals surface area contributed by atoms with Crippen LogP contribution >= 0.6 is 23.2 Å². The second kappa shape index (κ2) is 7.19. The first-order chi connectivity index (χ1) is 11.5. The number of ether oxygens (including phenoxy) is 1. The summed E-state index contributed by atoms with van der Waals surface area (Å²) in [5, 5.41) is 0.848. The van der Waals surface area contributed by atoms with Crippen molar-refractivity contribution in [2.45, 2.75) is 4.90 Å². The highest BCUT2D eigenvalue weighted by atomic mass is 35.5. The van der Waals surface area contributed by atoms with Crippen molar-refractivity contribution in [3.05, 3.63) is 52.5 Å². The van der Waals surface area contributed by atoms with E-state index in [2.05, 4.69) is 4.72 Å². The van der Waals surface area contributed by atoms with E-state index in [4.69, 9.17) is 27.9 Å². The van der Waals surface area contributed by atoms with E-state index < -0.39 is 10.0 Å². The van der Waals surface area contributed by atoms with Gasteiger partial charge in [0, 0.05) is 18.1 Å². The Bertz CT molecular complexity index is 837. The first kappa shape index (κ1) is 17.4. The number of halogens is 2. The zero-order chi connectivity index (χ0) is 17.2. The van der Waals surface area contributed by atoms with Crippen molar-refractivity contribution in [3.63, 3.8) is 0 Å². The number of morpholine rings is 1. The van der Waals surface area contributed by atoms with Gasteiger partial charge in [0.25, 0.3) is 10.0 Å². The lowest BCUT2D eigenvalue weighted by molar-refractivity contribution is 0.123. The van der Waals surface area contributed by atoms with Gasteiger partial charge in [-0.2, -0.15) is 0 Å². The summed E-state index contributed by atoms with van der Waals surface area (Å²) in [4.78, 5) is 2.12. The summed E-state index contributed by atoms with van der Waals surface area (Å²) < 4.78 is 33.2. The third-order valence-electron chi connectivity index (χ3n) is 3.66. The molecule has 3 rings (SSSR count). The first-order valence-corrected chi connectivity index (χ1v) is 9.61. The summed E-state index contributed by atoms with van der Waals surface area (Å²) in [5.41, 5.74) is 1.09. The van der Waals surface area contributed by atoms with Crippen LogP contribution in [0.1, 0.15) is 0 Å². The summed E-state index contributed by atoms with van der Waals surface area (Å²) in [6.07, 6.45) is 0. The average Bonchev–Trinajstić information content (AvgIpc) is 2.55. The fourth-order valence-electron chi connectivity index (χ4n) is 2.54. The number of nitrogens with zero attached hydrogens (tertiary/aromatic N) is 1. The molecule has 128 valence electrons. The van der Waals surface area contributed by atoms with Crippen LogP contribution in [0.25, 0.3) is 0 Å². The van der Waals surface area contributed by atoms with Crippen molar-refractivity contribution in [1.29, 1.82) is 0 Å². The van der Waals surface area contributed by atoms with Crippen LogP contribution in [-0.2, 0) is 14.8 Å². The highest BCUT2D eigenvalue weighted by molar-refractivity contribution is 7.92. The summed E-state index contributed by atoms with van der Waals surface area (Å²) in [7, 11) is -3.76. The summed E-state index contributed by atoms with van der Waals surface area (Å²) >= 11 is 12.2. The molecule has 1 N–H and O–H groups in total. The molecular weight excluding hydrogens is 371 g/mol. The molecule has 2 aromatic rings. The lowest BCUT2D eigenvalue weighted by Gasteiger charge is -2.31. The van der Waals surface area contributed by atoms with Gasteiger partial charge in [0.1, 0.15) is 0 Å². The van der Waals surface area contributed by atoms with Crippen molar-refractivity contribution in [1.82, 2.24) is 0 Å². The molecule has 0 radical (unpaired) electrons. The van der Waals surface area contributed by atoms with E-state index >= 15 is 0 Å². The Kier molecular flexibility index (Phi) is 5.20. The highest BCUT2D eigenvalue weighted by Gasteiger charge is 2.22. The maximum Gasteiger partial charge on any atom is 0.262 e. The Morgan fingerprint density at radius 3 is 2.46 bits per heavy atom. The molecule has 1 aliphatic rings. The maximum absolute atomic E-state index is 12.6. The molecule has 1 aliphatic heterocycles. The molecule has 1 saturated heterocycles. The normalized spacial score (nSPS) is 15.3. The Morgan fingerprint density at radius 1 is 1.04 bits per heavy atom. The van der Waals surface area contributed by atoms with Gasteiger partial charge in [-0.25, -0.2) is 8.42 Å². The molecule has 0 saturated carbocycles. The number of para-hydroxylation sites is 1. The van der Waals surface area contributed by atoms with Gasteiger partial charge in [0.05, 0.1) is 34.5 Å². The molecule has 24 heavy (non-hydrogen) atoms. The lowest BCUT2D eigenvalue weighted by Crippen LogP contribution is -2.37. The predicted molar refractivity (Wildman–Crippen MR) is 96.7 cm³/mol. The Morgan fingerprint density at radius 2 is 1.75 bits per heavy atom. The molecule has 5 nitrogen and oxygen atoms in total. The van der Waals surface area contributed by atoms with Gasteiger partial charge in [0.15, 0.2) is 0 Å². The van der Waals surface area contributed by atoms with E-state index in [9.17, 15) is 8.42 Å². The van der Waals surface area contributed by atoms with Crippen molar-refractivity contribution in [2.24, 2.45) is 0 Å². The van der Waals surface area contributed by atoms with E-state index in [1.807, 2.05) is 4.90 Å². The second-order valence-corrected chi connectivity index (χ2v) is 7.82. The average molecular weight is 387 g/mol. The van der Waals surface area contributed by atoms with Crippen LogP contribution in [0.2, 0.25) is 10.0 Å². The molecule has 1 fully saturated rings. The third kappa shape index (κ3) is 3.78. The summed E-state index contributed by atoms with van der Waals surface area (Å²) in [5.74, 6) is 0. The monoisotopic (exact) mass is 386 g/mol.